The molecule has 0 radical (unpaired) electrons. The molecule has 0 atom stereocenters. The van der Waals surface area contributed by atoms with Gasteiger partial charge in [0, 0.05) is 15.6 Å². The Bertz CT molecular complexity index is 631. The van der Waals surface area contributed by atoms with Gasteiger partial charge in [-0.3, -0.25) is 4.79 Å². The van der Waals surface area contributed by atoms with Crippen LogP contribution in [0.3, 0.4) is 0 Å². The number of aromatic nitrogens is 1. The van der Waals surface area contributed by atoms with Gasteiger partial charge < -0.3 is 4.98 Å². The number of thiophene rings is 2. The zero-order valence-electron chi connectivity index (χ0n) is 6.53. The minimum absolute atomic E-state index is 0.0196. The summed E-state index contributed by atoms with van der Waals surface area (Å²) in [6.07, 6.45) is 1.70. The van der Waals surface area contributed by atoms with Crippen LogP contribution in [0.1, 0.15) is 0 Å². The van der Waals surface area contributed by atoms with Crippen molar-refractivity contribution >= 4 is 42.2 Å². The fraction of sp³-hybridized carbons (Fsp3) is 0. The van der Waals surface area contributed by atoms with Crippen LogP contribution in [0.15, 0.2) is 28.5 Å². The summed E-state index contributed by atoms with van der Waals surface area (Å²) in [5, 5.41) is 2.87. The van der Waals surface area contributed by atoms with Crippen LogP contribution in [-0.4, -0.2) is 4.98 Å². The van der Waals surface area contributed by atoms with Gasteiger partial charge in [-0.2, -0.15) is 0 Å². The van der Waals surface area contributed by atoms with E-state index in [1.165, 1.54) is 4.70 Å². The van der Waals surface area contributed by atoms with Crippen LogP contribution in [0, 0.1) is 0 Å². The first kappa shape index (κ1) is 7.29. The van der Waals surface area contributed by atoms with Gasteiger partial charge in [-0.1, -0.05) is 0 Å². The molecule has 0 aromatic carbocycles. The number of pyridine rings is 1. The topological polar surface area (TPSA) is 32.9 Å². The van der Waals surface area contributed by atoms with Gasteiger partial charge in [-0.05, 0) is 17.5 Å². The summed E-state index contributed by atoms with van der Waals surface area (Å²) in [4.78, 5) is 14.2. The molecule has 0 saturated heterocycles. The maximum atomic E-state index is 11.5. The van der Waals surface area contributed by atoms with Crippen LogP contribution in [0.5, 0.6) is 0 Å². The highest BCUT2D eigenvalue weighted by molar-refractivity contribution is 7.32. The van der Waals surface area contributed by atoms with E-state index in [1.807, 2.05) is 11.4 Å². The number of rotatable bonds is 0. The Morgan fingerprint density at radius 2 is 2.15 bits per heavy atom. The Hall–Kier alpha value is -1.13. The molecule has 0 aliphatic rings. The summed E-state index contributed by atoms with van der Waals surface area (Å²) in [5.74, 6) is 0. The smallest absolute Gasteiger partial charge is 0.258 e. The van der Waals surface area contributed by atoms with E-state index in [9.17, 15) is 4.79 Å². The fourth-order valence-corrected chi connectivity index (χ4v) is 3.70. The first-order valence-electron chi connectivity index (χ1n) is 3.83. The number of nitrogens with one attached hydrogen (secondary N) is 1. The minimum Gasteiger partial charge on any atom is -0.328 e. The summed E-state index contributed by atoms with van der Waals surface area (Å²) in [7, 11) is 0. The molecule has 13 heavy (non-hydrogen) atoms. The van der Waals surface area contributed by atoms with Crippen molar-refractivity contribution in [3.63, 3.8) is 0 Å². The third-order valence-corrected chi connectivity index (χ3v) is 4.18. The predicted molar refractivity (Wildman–Crippen MR) is 57.8 cm³/mol. The molecular formula is C9H5NOS2. The largest absolute Gasteiger partial charge is 0.328 e. The maximum absolute atomic E-state index is 11.5. The SMILES string of the molecule is O=c1[nH]ccc2sc3ccsc3c12. The summed E-state index contributed by atoms with van der Waals surface area (Å²) in [6.45, 7) is 0. The molecule has 3 aromatic heterocycles. The lowest BCUT2D eigenvalue weighted by atomic mass is 10.3. The number of hydrogen-bond acceptors (Lipinski definition) is 3. The molecular weight excluding hydrogens is 202 g/mol. The van der Waals surface area contributed by atoms with E-state index in [1.54, 1.807) is 28.9 Å². The average Bonchev–Trinajstić information content (AvgIpc) is 2.62. The van der Waals surface area contributed by atoms with Crippen molar-refractivity contribution < 1.29 is 0 Å². The number of H-pyrrole nitrogens is 1. The normalized spacial score (nSPS) is 11.4. The molecule has 0 fully saturated rings. The van der Waals surface area contributed by atoms with E-state index >= 15 is 0 Å². The summed E-state index contributed by atoms with van der Waals surface area (Å²) in [6, 6.07) is 4.01. The van der Waals surface area contributed by atoms with Crippen LogP contribution in [0.25, 0.3) is 19.5 Å². The van der Waals surface area contributed by atoms with Crippen molar-refractivity contribution in [2.75, 3.05) is 0 Å². The van der Waals surface area contributed by atoms with Crippen molar-refractivity contribution in [1.29, 1.82) is 0 Å². The Labute approximate surface area is 81.5 Å². The molecule has 4 heteroatoms. The summed E-state index contributed by atoms with van der Waals surface area (Å²) < 4.78 is 3.39. The number of fused-ring (bicyclic) bond motifs is 3. The fourth-order valence-electron chi connectivity index (χ4n) is 1.44. The standard InChI is InChI=1S/C9H5NOS2/c11-9-7-5(1-3-10-9)13-6-2-4-12-8(6)7/h1-4H,(H,10,11). The molecule has 0 amide bonds. The number of aromatic amines is 1. The van der Waals surface area contributed by atoms with Gasteiger partial charge in [-0.25, -0.2) is 0 Å². The highest BCUT2D eigenvalue weighted by Gasteiger charge is 2.07. The van der Waals surface area contributed by atoms with Crippen molar-refractivity contribution in [3.05, 3.63) is 34.1 Å². The molecule has 2 nitrogen and oxygen atoms in total. The quantitative estimate of drug-likeness (QED) is 0.604. The van der Waals surface area contributed by atoms with Crippen molar-refractivity contribution in [2.45, 2.75) is 0 Å². The zero-order valence-corrected chi connectivity index (χ0v) is 8.17. The molecule has 3 aromatic rings. The third-order valence-electron chi connectivity index (χ3n) is 2.00. The van der Waals surface area contributed by atoms with Gasteiger partial charge in [-0.15, -0.1) is 22.7 Å². The van der Waals surface area contributed by atoms with Crippen LogP contribution in [0.2, 0.25) is 0 Å². The van der Waals surface area contributed by atoms with Gasteiger partial charge in [0.25, 0.3) is 5.56 Å². The first-order valence-corrected chi connectivity index (χ1v) is 5.53. The Morgan fingerprint density at radius 1 is 1.23 bits per heavy atom. The molecule has 0 aliphatic heterocycles. The zero-order chi connectivity index (χ0) is 8.84. The van der Waals surface area contributed by atoms with Gasteiger partial charge in [0.05, 0.1) is 10.1 Å². The van der Waals surface area contributed by atoms with Gasteiger partial charge >= 0.3 is 0 Å². The van der Waals surface area contributed by atoms with Crippen LogP contribution in [0.4, 0.5) is 0 Å². The van der Waals surface area contributed by atoms with Crippen molar-refractivity contribution in [3.8, 4) is 0 Å². The lowest BCUT2D eigenvalue weighted by Gasteiger charge is -1.85. The van der Waals surface area contributed by atoms with E-state index in [2.05, 4.69) is 11.1 Å². The van der Waals surface area contributed by atoms with E-state index in [-0.39, 0.29) is 5.56 Å². The summed E-state index contributed by atoms with van der Waals surface area (Å²) in [5.41, 5.74) is 0.0196. The number of hydrogen-bond donors (Lipinski definition) is 1. The Morgan fingerprint density at radius 3 is 3.08 bits per heavy atom. The second-order valence-electron chi connectivity index (χ2n) is 2.76. The van der Waals surface area contributed by atoms with E-state index in [4.69, 9.17) is 0 Å². The van der Waals surface area contributed by atoms with E-state index in [0.717, 1.165) is 14.8 Å². The van der Waals surface area contributed by atoms with E-state index in [0.29, 0.717) is 0 Å². The van der Waals surface area contributed by atoms with Crippen LogP contribution >= 0.6 is 22.7 Å². The molecule has 0 aliphatic carbocycles. The Balaban J connectivity index is 2.77. The lowest BCUT2D eigenvalue weighted by molar-refractivity contribution is 1.29. The second-order valence-corrected chi connectivity index (χ2v) is 4.76. The highest BCUT2D eigenvalue weighted by atomic mass is 32.1. The monoisotopic (exact) mass is 207 g/mol. The second kappa shape index (κ2) is 2.43. The molecule has 3 rings (SSSR count). The molecule has 64 valence electrons. The van der Waals surface area contributed by atoms with Crippen molar-refractivity contribution in [1.82, 2.24) is 4.98 Å². The third kappa shape index (κ3) is 0.897. The molecule has 0 bridgehead atoms. The minimum atomic E-state index is 0.0196. The van der Waals surface area contributed by atoms with Gasteiger partial charge in [0.1, 0.15) is 0 Å². The molecule has 1 N–H and O–H groups in total. The average molecular weight is 207 g/mol. The van der Waals surface area contributed by atoms with E-state index < -0.39 is 0 Å². The van der Waals surface area contributed by atoms with Gasteiger partial charge in [0.2, 0.25) is 0 Å². The maximum Gasteiger partial charge on any atom is 0.258 e. The lowest BCUT2D eigenvalue weighted by Crippen LogP contribution is -2.02. The van der Waals surface area contributed by atoms with Crippen LogP contribution in [-0.2, 0) is 0 Å². The Kier molecular flexibility index (Phi) is 1.36. The van der Waals surface area contributed by atoms with Crippen LogP contribution < -0.4 is 5.56 Å². The van der Waals surface area contributed by atoms with Gasteiger partial charge in [0.15, 0.2) is 0 Å². The molecule has 0 saturated carbocycles. The summed E-state index contributed by atoms with van der Waals surface area (Å²) >= 11 is 3.30. The predicted octanol–water partition coefficient (Wildman–Crippen LogP) is 2.80. The highest BCUT2D eigenvalue weighted by Crippen LogP contribution is 2.34. The molecule has 0 unspecified atom stereocenters. The first-order chi connectivity index (χ1) is 6.36. The van der Waals surface area contributed by atoms with Crippen molar-refractivity contribution in [2.24, 2.45) is 0 Å². The molecule has 0 spiro atoms. The molecule has 3 heterocycles.